The average molecular weight is 276 g/mol. The van der Waals surface area contributed by atoms with Gasteiger partial charge in [0.1, 0.15) is 5.82 Å². The molecule has 1 aromatic heterocycles. The van der Waals surface area contributed by atoms with Crippen LogP contribution in [0.4, 0.5) is 5.82 Å². The van der Waals surface area contributed by atoms with Gasteiger partial charge in [0.05, 0.1) is 5.56 Å². The third kappa shape index (κ3) is 3.10. The molecule has 5 heteroatoms. The predicted octanol–water partition coefficient (Wildman–Crippen LogP) is 1.68. The van der Waals surface area contributed by atoms with Gasteiger partial charge in [-0.25, -0.2) is 4.98 Å². The standard InChI is InChI=1S/C15H24N4O/c1-4-19-10-6-7-12(19)11-18(3)15(20)13-8-5-9-17-14(13)16-2/h5,8-9,12H,4,6-7,10-11H2,1-3H3,(H,16,17). The Hall–Kier alpha value is -1.62. The number of carbonyl (C=O) groups is 1. The lowest BCUT2D eigenvalue weighted by Crippen LogP contribution is -2.41. The molecule has 1 unspecified atom stereocenters. The van der Waals surface area contributed by atoms with Crippen molar-refractivity contribution in [1.82, 2.24) is 14.8 Å². The zero-order valence-electron chi connectivity index (χ0n) is 12.6. The van der Waals surface area contributed by atoms with E-state index in [1.54, 1.807) is 19.3 Å². The fourth-order valence-corrected chi connectivity index (χ4v) is 2.90. The molecule has 110 valence electrons. The number of carbonyl (C=O) groups excluding carboxylic acids is 1. The van der Waals surface area contributed by atoms with Crippen LogP contribution in [0.1, 0.15) is 30.1 Å². The topological polar surface area (TPSA) is 48.5 Å². The highest BCUT2D eigenvalue weighted by Gasteiger charge is 2.26. The number of likely N-dealkylation sites (tertiary alicyclic amines) is 1. The van der Waals surface area contributed by atoms with Gasteiger partial charge in [-0.15, -0.1) is 0 Å². The summed E-state index contributed by atoms with van der Waals surface area (Å²) < 4.78 is 0. The van der Waals surface area contributed by atoms with Crippen LogP contribution in [-0.2, 0) is 0 Å². The molecule has 0 aromatic carbocycles. The lowest BCUT2D eigenvalue weighted by atomic mass is 10.1. The largest absolute Gasteiger partial charge is 0.372 e. The van der Waals surface area contributed by atoms with Gasteiger partial charge >= 0.3 is 0 Å². The third-order valence-corrected chi connectivity index (χ3v) is 4.01. The quantitative estimate of drug-likeness (QED) is 0.889. The molecule has 0 aliphatic carbocycles. The van der Waals surface area contributed by atoms with Crippen LogP contribution in [0.5, 0.6) is 0 Å². The van der Waals surface area contributed by atoms with Crippen LogP contribution in [0.25, 0.3) is 0 Å². The highest BCUT2D eigenvalue weighted by molar-refractivity contribution is 5.98. The number of nitrogens with one attached hydrogen (secondary N) is 1. The molecule has 1 saturated heterocycles. The number of nitrogens with zero attached hydrogens (tertiary/aromatic N) is 3. The number of anilines is 1. The molecule has 1 aliphatic rings. The van der Waals surface area contributed by atoms with Crippen molar-refractivity contribution in [2.24, 2.45) is 0 Å². The average Bonchev–Trinajstić information content (AvgIpc) is 2.93. The van der Waals surface area contributed by atoms with Gasteiger partial charge in [0.25, 0.3) is 5.91 Å². The molecule has 0 saturated carbocycles. The minimum absolute atomic E-state index is 0.0328. The van der Waals surface area contributed by atoms with Crippen LogP contribution in [0.3, 0.4) is 0 Å². The van der Waals surface area contributed by atoms with E-state index in [2.05, 4.69) is 22.1 Å². The highest BCUT2D eigenvalue weighted by Crippen LogP contribution is 2.19. The molecule has 0 bridgehead atoms. The van der Waals surface area contributed by atoms with Gasteiger partial charge in [-0.05, 0) is 38.1 Å². The van der Waals surface area contributed by atoms with Gasteiger partial charge in [0, 0.05) is 32.9 Å². The van der Waals surface area contributed by atoms with Crippen molar-refractivity contribution in [2.75, 3.05) is 39.0 Å². The predicted molar refractivity (Wildman–Crippen MR) is 81.0 cm³/mol. The van der Waals surface area contributed by atoms with Gasteiger partial charge < -0.3 is 10.2 Å². The summed E-state index contributed by atoms with van der Waals surface area (Å²) in [6.45, 7) is 5.17. The molecule has 1 N–H and O–H groups in total. The van der Waals surface area contributed by atoms with E-state index < -0.39 is 0 Å². The van der Waals surface area contributed by atoms with E-state index in [0.717, 1.165) is 19.6 Å². The van der Waals surface area contributed by atoms with Crippen molar-refractivity contribution < 1.29 is 4.79 Å². The second kappa shape index (κ2) is 6.70. The van der Waals surface area contributed by atoms with Crippen LogP contribution < -0.4 is 5.32 Å². The van der Waals surface area contributed by atoms with Crippen molar-refractivity contribution in [3.05, 3.63) is 23.9 Å². The lowest BCUT2D eigenvalue weighted by molar-refractivity contribution is 0.0755. The number of hydrogen-bond acceptors (Lipinski definition) is 4. The molecule has 2 rings (SSSR count). The Morgan fingerprint density at radius 1 is 1.60 bits per heavy atom. The Labute approximate surface area is 121 Å². The maximum Gasteiger partial charge on any atom is 0.257 e. The third-order valence-electron chi connectivity index (χ3n) is 4.01. The van der Waals surface area contributed by atoms with E-state index in [4.69, 9.17) is 0 Å². The van der Waals surface area contributed by atoms with Gasteiger partial charge in [-0.3, -0.25) is 9.69 Å². The first-order valence-electron chi connectivity index (χ1n) is 7.29. The molecule has 2 heterocycles. The summed E-state index contributed by atoms with van der Waals surface area (Å²) in [6, 6.07) is 4.11. The van der Waals surface area contributed by atoms with Crippen LogP contribution in [0, 0.1) is 0 Å². The van der Waals surface area contributed by atoms with Crippen molar-refractivity contribution in [3.63, 3.8) is 0 Å². The summed E-state index contributed by atoms with van der Waals surface area (Å²) in [5.41, 5.74) is 0.638. The summed E-state index contributed by atoms with van der Waals surface area (Å²) in [5.74, 6) is 0.675. The second-order valence-electron chi connectivity index (χ2n) is 5.26. The first kappa shape index (κ1) is 14.8. The number of amides is 1. The van der Waals surface area contributed by atoms with E-state index >= 15 is 0 Å². The van der Waals surface area contributed by atoms with Gasteiger partial charge in [0.2, 0.25) is 0 Å². The normalized spacial score (nSPS) is 19.1. The maximum atomic E-state index is 12.5. The van der Waals surface area contributed by atoms with Gasteiger partial charge in [-0.2, -0.15) is 0 Å². The second-order valence-corrected chi connectivity index (χ2v) is 5.26. The summed E-state index contributed by atoms with van der Waals surface area (Å²) in [7, 11) is 3.66. The molecule has 0 spiro atoms. The van der Waals surface area contributed by atoms with Gasteiger partial charge in [-0.1, -0.05) is 6.92 Å². The van der Waals surface area contributed by atoms with Gasteiger partial charge in [0.15, 0.2) is 0 Å². The minimum atomic E-state index is 0.0328. The molecule has 5 nitrogen and oxygen atoms in total. The Bertz CT molecular complexity index is 463. The monoisotopic (exact) mass is 276 g/mol. The molecular formula is C15H24N4O. The fourth-order valence-electron chi connectivity index (χ4n) is 2.90. The molecule has 1 aliphatic heterocycles. The van der Waals surface area contributed by atoms with E-state index in [1.807, 2.05) is 18.0 Å². The molecule has 1 fully saturated rings. The molecule has 1 aromatic rings. The molecule has 0 radical (unpaired) electrons. The lowest BCUT2D eigenvalue weighted by Gasteiger charge is -2.28. The number of aromatic nitrogens is 1. The highest BCUT2D eigenvalue weighted by atomic mass is 16.2. The molecule has 20 heavy (non-hydrogen) atoms. The maximum absolute atomic E-state index is 12.5. The number of hydrogen-bond donors (Lipinski definition) is 1. The molecule has 1 atom stereocenters. The number of likely N-dealkylation sites (N-methyl/N-ethyl adjacent to an activating group) is 2. The molecular weight excluding hydrogens is 252 g/mol. The van der Waals surface area contributed by atoms with Crippen LogP contribution >= 0.6 is 0 Å². The summed E-state index contributed by atoms with van der Waals surface area (Å²) in [4.78, 5) is 21.0. The van der Waals surface area contributed by atoms with E-state index in [0.29, 0.717) is 17.4 Å². The van der Waals surface area contributed by atoms with E-state index in [9.17, 15) is 4.79 Å². The van der Waals surface area contributed by atoms with Crippen molar-refractivity contribution in [2.45, 2.75) is 25.8 Å². The summed E-state index contributed by atoms with van der Waals surface area (Å²) in [6.07, 6.45) is 4.10. The zero-order chi connectivity index (χ0) is 14.5. The minimum Gasteiger partial charge on any atom is -0.372 e. The van der Waals surface area contributed by atoms with Crippen molar-refractivity contribution >= 4 is 11.7 Å². The fraction of sp³-hybridized carbons (Fsp3) is 0.600. The number of rotatable bonds is 5. The number of pyridine rings is 1. The zero-order valence-corrected chi connectivity index (χ0v) is 12.6. The van der Waals surface area contributed by atoms with E-state index in [1.165, 1.54) is 12.8 Å². The van der Waals surface area contributed by atoms with E-state index in [-0.39, 0.29) is 5.91 Å². The Balaban J connectivity index is 2.05. The smallest absolute Gasteiger partial charge is 0.257 e. The van der Waals surface area contributed by atoms with Crippen molar-refractivity contribution in [1.29, 1.82) is 0 Å². The first-order valence-corrected chi connectivity index (χ1v) is 7.29. The summed E-state index contributed by atoms with van der Waals surface area (Å²) >= 11 is 0. The van der Waals surface area contributed by atoms with Crippen LogP contribution in [0.15, 0.2) is 18.3 Å². The Morgan fingerprint density at radius 3 is 3.10 bits per heavy atom. The van der Waals surface area contributed by atoms with Crippen molar-refractivity contribution in [3.8, 4) is 0 Å². The molecule has 1 amide bonds. The summed E-state index contributed by atoms with van der Waals surface area (Å²) in [5, 5.41) is 2.98. The Kier molecular flexibility index (Phi) is 4.95. The van der Waals surface area contributed by atoms with Crippen LogP contribution in [-0.4, -0.2) is 60.5 Å². The SMILES string of the molecule is CCN1CCCC1CN(C)C(=O)c1cccnc1NC. The first-order chi connectivity index (χ1) is 9.67. The van der Waals surface area contributed by atoms with Crippen LogP contribution in [0.2, 0.25) is 0 Å². The Morgan fingerprint density at radius 2 is 2.40 bits per heavy atom.